The lowest BCUT2D eigenvalue weighted by molar-refractivity contribution is -0.0548. The first kappa shape index (κ1) is 14.9. The molecule has 3 atom stereocenters. The number of fused-ring (bicyclic) bond motifs is 1. The largest absolute Gasteiger partial charge is 0.367 e. The van der Waals surface area contributed by atoms with Crippen LogP contribution in [0.4, 0.5) is 0 Å². The summed E-state index contributed by atoms with van der Waals surface area (Å²) in [5, 5.41) is 7.55. The fraction of sp³-hybridized carbons (Fsp3) is 0.867. The van der Waals surface area contributed by atoms with Crippen molar-refractivity contribution < 1.29 is 9.26 Å². The number of nitrogens with zero attached hydrogens (tertiary/aromatic N) is 3. The van der Waals surface area contributed by atoms with Crippen LogP contribution in [0.1, 0.15) is 50.9 Å². The third kappa shape index (κ3) is 3.62. The summed E-state index contributed by atoms with van der Waals surface area (Å²) < 4.78 is 11.3. The highest BCUT2D eigenvalue weighted by molar-refractivity contribution is 4.97. The number of nitrogens with one attached hydrogen (secondary N) is 1. The predicted molar refractivity (Wildman–Crippen MR) is 79.0 cm³/mol. The minimum atomic E-state index is -0.0317. The molecule has 0 spiro atoms. The number of rotatable bonds is 6. The second-order valence-corrected chi connectivity index (χ2v) is 6.22. The van der Waals surface area contributed by atoms with Crippen LogP contribution >= 0.6 is 0 Å². The van der Waals surface area contributed by atoms with Crippen LogP contribution in [-0.4, -0.2) is 53.4 Å². The maximum absolute atomic E-state index is 5.92. The maximum Gasteiger partial charge on any atom is 0.228 e. The number of hydrogen-bond donors (Lipinski definition) is 1. The number of morpholine rings is 1. The van der Waals surface area contributed by atoms with Gasteiger partial charge in [0.15, 0.2) is 0 Å². The topological polar surface area (TPSA) is 63.4 Å². The number of hydrogen-bond acceptors (Lipinski definition) is 6. The minimum Gasteiger partial charge on any atom is -0.367 e. The van der Waals surface area contributed by atoms with Crippen LogP contribution < -0.4 is 5.32 Å². The molecular weight excluding hydrogens is 268 g/mol. The van der Waals surface area contributed by atoms with Crippen molar-refractivity contribution in [1.29, 1.82) is 0 Å². The lowest BCUT2D eigenvalue weighted by Crippen LogP contribution is -2.42. The van der Waals surface area contributed by atoms with Crippen LogP contribution in [0.5, 0.6) is 0 Å². The summed E-state index contributed by atoms with van der Waals surface area (Å²) in [6.45, 7) is 8.19. The first-order valence-electron chi connectivity index (χ1n) is 8.17. The van der Waals surface area contributed by atoms with Crippen LogP contribution in [0.3, 0.4) is 0 Å². The molecule has 2 aliphatic rings. The molecule has 3 heterocycles. The fourth-order valence-electron chi connectivity index (χ4n) is 3.18. The molecule has 3 rings (SSSR count). The average Bonchev–Trinajstić information content (AvgIpc) is 3.12. The van der Waals surface area contributed by atoms with Gasteiger partial charge >= 0.3 is 0 Å². The number of ether oxygens (including phenoxy) is 1. The Balaban J connectivity index is 1.55. The molecule has 0 amide bonds. The van der Waals surface area contributed by atoms with Crippen LogP contribution in [0.15, 0.2) is 4.52 Å². The Bertz CT molecular complexity index is 451. The summed E-state index contributed by atoms with van der Waals surface area (Å²) in [6, 6.07) is 0.958. The smallest absolute Gasteiger partial charge is 0.228 e. The van der Waals surface area contributed by atoms with E-state index in [1.54, 1.807) is 0 Å². The molecule has 6 heteroatoms. The Morgan fingerprint density at radius 3 is 3.24 bits per heavy atom. The van der Waals surface area contributed by atoms with Crippen molar-refractivity contribution in [3.05, 3.63) is 11.7 Å². The molecule has 1 aromatic rings. The second-order valence-electron chi connectivity index (χ2n) is 6.22. The van der Waals surface area contributed by atoms with Crippen LogP contribution in [0.2, 0.25) is 0 Å². The van der Waals surface area contributed by atoms with Gasteiger partial charge in [-0.25, -0.2) is 0 Å². The Labute approximate surface area is 126 Å². The van der Waals surface area contributed by atoms with Gasteiger partial charge in [-0.3, -0.25) is 4.90 Å². The van der Waals surface area contributed by atoms with E-state index < -0.39 is 0 Å². The lowest BCUT2D eigenvalue weighted by Gasteiger charge is -2.33. The molecule has 0 radical (unpaired) electrons. The third-order valence-corrected chi connectivity index (χ3v) is 4.38. The maximum atomic E-state index is 5.92. The molecule has 118 valence electrons. The van der Waals surface area contributed by atoms with Gasteiger partial charge in [0, 0.05) is 25.0 Å². The van der Waals surface area contributed by atoms with E-state index in [2.05, 4.69) is 34.2 Å². The molecule has 0 aromatic carbocycles. The van der Waals surface area contributed by atoms with E-state index in [9.17, 15) is 0 Å². The summed E-state index contributed by atoms with van der Waals surface area (Å²) in [5.74, 6) is 1.41. The van der Waals surface area contributed by atoms with Crippen LogP contribution in [0, 0.1) is 0 Å². The third-order valence-electron chi connectivity index (χ3n) is 4.38. The standard InChI is InChI=1S/C15H26N4O2/c1-3-6-16-11(2)8-14-17-15(18-21-14)13-9-19-7-4-5-12(19)10-20-13/h11-13,16H,3-10H2,1-2H3. The Kier molecular flexibility index (Phi) is 4.87. The minimum absolute atomic E-state index is 0.0317. The van der Waals surface area contributed by atoms with Crippen molar-refractivity contribution in [1.82, 2.24) is 20.4 Å². The van der Waals surface area contributed by atoms with Crippen molar-refractivity contribution in [2.75, 3.05) is 26.2 Å². The van der Waals surface area contributed by atoms with Crippen molar-refractivity contribution >= 4 is 0 Å². The molecule has 1 aromatic heterocycles. The SMILES string of the molecule is CCCNC(C)Cc1nc(C2CN3CCCC3CO2)no1. The number of aromatic nitrogens is 2. The van der Waals surface area contributed by atoms with Crippen LogP contribution in [-0.2, 0) is 11.2 Å². The van der Waals surface area contributed by atoms with Crippen molar-refractivity contribution in [3.8, 4) is 0 Å². The van der Waals surface area contributed by atoms with Gasteiger partial charge in [-0.1, -0.05) is 12.1 Å². The summed E-state index contributed by atoms with van der Waals surface area (Å²) in [7, 11) is 0. The molecule has 2 fully saturated rings. The molecule has 3 unspecified atom stereocenters. The summed E-state index contributed by atoms with van der Waals surface area (Å²) >= 11 is 0. The van der Waals surface area contributed by atoms with Gasteiger partial charge < -0.3 is 14.6 Å². The second kappa shape index (κ2) is 6.85. The Morgan fingerprint density at radius 2 is 2.38 bits per heavy atom. The van der Waals surface area contributed by atoms with Crippen LogP contribution in [0.25, 0.3) is 0 Å². The van der Waals surface area contributed by atoms with E-state index in [1.807, 2.05) is 0 Å². The van der Waals surface area contributed by atoms with Gasteiger partial charge in [-0.2, -0.15) is 4.98 Å². The van der Waals surface area contributed by atoms with E-state index in [-0.39, 0.29) is 6.10 Å². The van der Waals surface area contributed by atoms with E-state index in [0.717, 1.165) is 32.5 Å². The molecule has 0 bridgehead atoms. The van der Waals surface area contributed by atoms with Crippen molar-refractivity contribution in [3.63, 3.8) is 0 Å². The highest BCUT2D eigenvalue weighted by atomic mass is 16.5. The van der Waals surface area contributed by atoms with Crippen molar-refractivity contribution in [2.45, 2.75) is 57.7 Å². The Morgan fingerprint density at radius 1 is 1.48 bits per heavy atom. The molecule has 2 saturated heterocycles. The van der Waals surface area contributed by atoms with Gasteiger partial charge in [0.1, 0.15) is 6.10 Å². The van der Waals surface area contributed by atoms with E-state index in [1.165, 1.54) is 19.4 Å². The van der Waals surface area contributed by atoms with Crippen molar-refractivity contribution in [2.24, 2.45) is 0 Å². The highest BCUT2D eigenvalue weighted by Gasteiger charge is 2.34. The monoisotopic (exact) mass is 294 g/mol. The summed E-state index contributed by atoms with van der Waals surface area (Å²) in [4.78, 5) is 7.02. The van der Waals surface area contributed by atoms with Gasteiger partial charge in [0.05, 0.1) is 6.61 Å². The molecule has 1 N–H and O–H groups in total. The summed E-state index contributed by atoms with van der Waals surface area (Å²) in [6.07, 6.45) is 4.40. The first-order valence-corrected chi connectivity index (χ1v) is 8.17. The molecule has 2 aliphatic heterocycles. The normalized spacial score (nSPS) is 27.7. The predicted octanol–water partition coefficient (Wildman–Crippen LogP) is 1.54. The molecule has 0 saturated carbocycles. The fourth-order valence-corrected chi connectivity index (χ4v) is 3.18. The average molecular weight is 294 g/mol. The first-order chi connectivity index (χ1) is 10.3. The lowest BCUT2D eigenvalue weighted by atomic mass is 10.2. The van der Waals surface area contributed by atoms with E-state index in [4.69, 9.17) is 9.26 Å². The van der Waals surface area contributed by atoms with Gasteiger partial charge in [0.2, 0.25) is 11.7 Å². The van der Waals surface area contributed by atoms with Gasteiger partial charge in [0.25, 0.3) is 0 Å². The molecular formula is C15H26N4O2. The van der Waals surface area contributed by atoms with Gasteiger partial charge in [-0.05, 0) is 39.3 Å². The quantitative estimate of drug-likeness (QED) is 0.858. The van der Waals surface area contributed by atoms with E-state index >= 15 is 0 Å². The molecule has 0 aliphatic carbocycles. The molecule has 6 nitrogen and oxygen atoms in total. The van der Waals surface area contributed by atoms with Gasteiger partial charge in [-0.15, -0.1) is 0 Å². The molecule has 21 heavy (non-hydrogen) atoms. The summed E-state index contributed by atoms with van der Waals surface area (Å²) in [5.41, 5.74) is 0. The zero-order valence-electron chi connectivity index (χ0n) is 13.0. The highest BCUT2D eigenvalue weighted by Crippen LogP contribution is 2.28. The Hall–Kier alpha value is -0.980. The zero-order chi connectivity index (χ0) is 14.7. The zero-order valence-corrected chi connectivity index (χ0v) is 13.0. The van der Waals surface area contributed by atoms with E-state index in [0.29, 0.717) is 23.8 Å².